The molecule has 2 aromatic carbocycles. The molecule has 0 aliphatic carbocycles. The number of halogens is 1. The first-order valence-electron chi connectivity index (χ1n) is 9.95. The molecule has 0 saturated carbocycles. The second kappa shape index (κ2) is 8.96. The lowest BCUT2D eigenvalue weighted by atomic mass is 10.0. The number of aromatic nitrogens is 1. The van der Waals surface area contributed by atoms with E-state index in [2.05, 4.69) is 0 Å². The van der Waals surface area contributed by atoms with Crippen LogP contribution < -0.4 is 19.8 Å². The van der Waals surface area contributed by atoms with E-state index < -0.39 is 11.5 Å². The highest BCUT2D eigenvalue weighted by molar-refractivity contribution is 6.30. The number of hydrogen-bond donors (Lipinski definition) is 0. The van der Waals surface area contributed by atoms with Gasteiger partial charge in [-0.15, -0.1) is 0 Å². The SMILES string of the molecule is COC(=O)c1cc2c(n(Cc3ccc(OC)cc3OC)c1=O)-c1ccc(Cl)cc1OCC2. The molecule has 0 radical (unpaired) electrons. The van der Waals surface area contributed by atoms with Gasteiger partial charge in [0.25, 0.3) is 5.56 Å². The summed E-state index contributed by atoms with van der Waals surface area (Å²) in [5.41, 5.74) is 2.46. The number of pyridine rings is 1. The Morgan fingerprint density at radius 2 is 1.91 bits per heavy atom. The van der Waals surface area contributed by atoms with Gasteiger partial charge in [-0.05, 0) is 42.0 Å². The number of nitrogens with zero attached hydrogens (tertiary/aromatic N) is 1. The Morgan fingerprint density at radius 1 is 1.09 bits per heavy atom. The van der Waals surface area contributed by atoms with E-state index in [1.54, 1.807) is 49.1 Å². The number of methoxy groups -OCH3 is 3. The van der Waals surface area contributed by atoms with Crippen molar-refractivity contribution >= 4 is 17.6 Å². The Labute approximate surface area is 190 Å². The Morgan fingerprint density at radius 3 is 2.62 bits per heavy atom. The fourth-order valence-electron chi connectivity index (χ4n) is 3.88. The number of ether oxygens (including phenoxy) is 4. The van der Waals surface area contributed by atoms with E-state index in [4.69, 9.17) is 30.5 Å². The summed E-state index contributed by atoms with van der Waals surface area (Å²) < 4.78 is 23.1. The normalized spacial score (nSPS) is 12.1. The summed E-state index contributed by atoms with van der Waals surface area (Å²) in [5, 5.41) is 0.532. The van der Waals surface area contributed by atoms with Gasteiger partial charge >= 0.3 is 5.97 Å². The molecule has 0 atom stereocenters. The zero-order valence-corrected chi connectivity index (χ0v) is 18.7. The van der Waals surface area contributed by atoms with Gasteiger partial charge < -0.3 is 23.5 Å². The lowest BCUT2D eigenvalue weighted by Crippen LogP contribution is -2.30. The zero-order chi connectivity index (χ0) is 22.8. The maximum atomic E-state index is 13.5. The third-order valence-corrected chi connectivity index (χ3v) is 5.66. The monoisotopic (exact) mass is 455 g/mol. The van der Waals surface area contributed by atoms with Crippen LogP contribution in [0.2, 0.25) is 5.02 Å². The number of fused-ring (bicyclic) bond motifs is 3. The lowest BCUT2D eigenvalue weighted by Gasteiger charge is -2.19. The molecule has 0 bridgehead atoms. The average Bonchev–Trinajstić information content (AvgIpc) is 2.98. The molecular formula is C24H22ClNO6. The number of carbonyl (C=O) groups is 1. The van der Waals surface area contributed by atoms with Crippen molar-refractivity contribution in [3.8, 4) is 28.5 Å². The number of esters is 1. The van der Waals surface area contributed by atoms with Crippen LogP contribution in [0.1, 0.15) is 21.5 Å². The standard InChI is InChI=1S/C24H22ClNO6/c1-29-17-6-4-15(20(12-17)30-2)13-26-22-14(10-19(23(26)27)24(28)31-3)8-9-32-21-11-16(25)5-7-18(21)22/h4-7,10-12H,8-9,13H2,1-3H3. The maximum Gasteiger partial charge on any atom is 0.343 e. The first-order chi connectivity index (χ1) is 15.5. The van der Waals surface area contributed by atoms with E-state index in [1.807, 2.05) is 12.1 Å². The molecule has 0 fully saturated rings. The number of rotatable bonds is 5. The minimum Gasteiger partial charge on any atom is -0.497 e. The van der Waals surface area contributed by atoms with Crippen molar-refractivity contribution in [3.63, 3.8) is 0 Å². The van der Waals surface area contributed by atoms with Crippen LogP contribution in [-0.4, -0.2) is 38.5 Å². The summed E-state index contributed by atoms with van der Waals surface area (Å²) in [6.07, 6.45) is 0.506. The van der Waals surface area contributed by atoms with Crippen LogP contribution in [0, 0.1) is 0 Å². The smallest absolute Gasteiger partial charge is 0.343 e. The van der Waals surface area contributed by atoms with Crippen molar-refractivity contribution in [2.24, 2.45) is 0 Å². The maximum absolute atomic E-state index is 13.5. The van der Waals surface area contributed by atoms with Crippen LogP contribution in [-0.2, 0) is 17.7 Å². The Hall–Kier alpha value is -3.45. The predicted molar refractivity (Wildman–Crippen MR) is 120 cm³/mol. The highest BCUT2D eigenvalue weighted by Gasteiger charge is 2.25. The van der Waals surface area contributed by atoms with Gasteiger partial charge in [-0.2, -0.15) is 0 Å². The summed E-state index contributed by atoms with van der Waals surface area (Å²) in [7, 11) is 4.38. The van der Waals surface area contributed by atoms with Gasteiger partial charge in [-0.25, -0.2) is 4.79 Å². The highest BCUT2D eigenvalue weighted by atomic mass is 35.5. The molecule has 1 aliphatic heterocycles. The molecule has 0 spiro atoms. The fourth-order valence-corrected chi connectivity index (χ4v) is 4.04. The highest BCUT2D eigenvalue weighted by Crippen LogP contribution is 2.37. The molecule has 1 aliphatic rings. The van der Waals surface area contributed by atoms with Crippen molar-refractivity contribution in [2.45, 2.75) is 13.0 Å². The summed E-state index contributed by atoms with van der Waals surface area (Å²) in [6.45, 7) is 0.548. The number of benzene rings is 2. The first kappa shape index (κ1) is 21.8. The van der Waals surface area contributed by atoms with E-state index in [0.29, 0.717) is 41.0 Å². The topological polar surface area (TPSA) is 76.0 Å². The Bertz CT molecular complexity index is 1250. The molecule has 0 unspecified atom stereocenters. The Balaban J connectivity index is 1.98. The number of carbonyl (C=O) groups excluding carboxylic acids is 1. The number of hydrogen-bond acceptors (Lipinski definition) is 6. The van der Waals surface area contributed by atoms with Crippen LogP contribution in [0.5, 0.6) is 17.2 Å². The van der Waals surface area contributed by atoms with E-state index in [-0.39, 0.29) is 12.1 Å². The van der Waals surface area contributed by atoms with Crippen LogP contribution >= 0.6 is 11.6 Å². The van der Waals surface area contributed by atoms with E-state index >= 15 is 0 Å². The minimum atomic E-state index is -0.685. The minimum absolute atomic E-state index is 0.0313. The molecule has 4 rings (SSSR count). The second-order valence-electron chi connectivity index (χ2n) is 7.23. The van der Waals surface area contributed by atoms with E-state index in [1.165, 1.54) is 7.11 Å². The summed E-state index contributed by atoms with van der Waals surface area (Å²) >= 11 is 6.17. The molecule has 32 heavy (non-hydrogen) atoms. The molecule has 7 nitrogen and oxygen atoms in total. The van der Waals surface area contributed by atoms with E-state index in [0.717, 1.165) is 16.7 Å². The van der Waals surface area contributed by atoms with Gasteiger partial charge in [0.15, 0.2) is 0 Å². The first-order valence-corrected chi connectivity index (χ1v) is 10.3. The Kier molecular flexibility index (Phi) is 6.10. The third-order valence-electron chi connectivity index (χ3n) is 5.42. The molecule has 3 aromatic rings. The van der Waals surface area contributed by atoms with Gasteiger partial charge in [-0.1, -0.05) is 11.6 Å². The zero-order valence-electron chi connectivity index (χ0n) is 17.9. The lowest BCUT2D eigenvalue weighted by molar-refractivity contribution is 0.0598. The summed E-state index contributed by atoms with van der Waals surface area (Å²) in [5.74, 6) is 1.09. The second-order valence-corrected chi connectivity index (χ2v) is 7.67. The van der Waals surface area contributed by atoms with E-state index in [9.17, 15) is 9.59 Å². The van der Waals surface area contributed by atoms with Gasteiger partial charge in [0.2, 0.25) is 0 Å². The summed E-state index contributed by atoms with van der Waals surface area (Å²) in [6, 6.07) is 12.3. The van der Waals surface area contributed by atoms with Crippen molar-refractivity contribution in [3.05, 3.63) is 74.5 Å². The molecule has 0 amide bonds. The van der Waals surface area contributed by atoms with Crippen molar-refractivity contribution in [1.82, 2.24) is 4.57 Å². The third kappa shape index (κ3) is 3.91. The van der Waals surface area contributed by atoms with Crippen LogP contribution in [0.25, 0.3) is 11.3 Å². The fraction of sp³-hybridized carbons (Fsp3) is 0.250. The van der Waals surface area contributed by atoms with Crippen molar-refractivity contribution in [1.29, 1.82) is 0 Å². The predicted octanol–water partition coefficient (Wildman–Crippen LogP) is 3.96. The van der Waals surface area contributed by atoms with Crippen LogP contribution in [0.15, 0.2) is 47.3 Å². The molecule has 0 N–H and O–H groups in total. The van der Waals surface area contributed by atoms with Crippen LogP contribution in [0.4, 0.5) is 0 Å². The molecule has 166 valence electrons. The molecule has 1 aromatic heterocycles. The quantitative estimate of drug-likeness (QED) is 0.542. The van der Waals surface area contributed by atoms with Gasteiger partial charge in [0, 0.05) is 28.6 Å². The molecular weight excluding hydrogens is 434 g/mol. The molecule has 0 saturated heterocycles. The molecule has 2 heterocycles. The molecule has 8 heteroatoms. The van der Waals surface area contributed by atoms with Gasteiger partial charge in [0.05, 0.1) is 40.2 Å². The van der Waals surface area contributed by atoms with Crippen molar-refractivity contribution in [2.75, 3.05) is 27.9 Å². The van der Waals surface area contributed by atoms with Gasteiger partial charge in [-0.3, -0.25) is 4.79 Å². The largest absolute Gasteiger partial charge is 0.497 e. The van der Waals surface area contributed by atoms with Crippen molar-refractivity contribution < 1.29 is 23.7 Å². The van der Waals surface area contributed by atoms with Gasteiger partial charge in [0.1, 0.15) is 22.8 Å². The van der Waals surface area contributed by atoms with Crippen LogP contribution in [0.3, 0.4) is 0 Å². The average molecular weight is 456 g/mol. The summed E-state index contributed by atoms with van der Waals surface area (Å²) in [4.78, 5) is 25.9.